The van der Waals surface area contributed by atoms with Crippen molar-refractivity contribution < 1.29 is 9.47 Å². The number of likely N-dealkylation sites (N-methyl/N-ethyl adjacent to an activating group) is 1. The Balaban J connectivity index is 1.93. The first kappa shape index (κ1) is 16.2. The molecule has 23 heavy (non-hydrogen) atoms. The maximum atomic E-state index is 5.52. The summed E-state index contributed by atoms with van der Waals surface area (Å²) in [5.74, 6) is 1.51. The van der Waals surface area contributed by atoms with Gasteiger partial charge in [-0.25, -0.2) is 4.98 Å². The zero-order chi connectivity index (χ0) is 16.2. The number of rotatable bonds is 6. The summed E-state index contributed by atoms with van der Waals surface area (Å²) in [7, 11) is 4.06. The van der Waals surface area contributed by atoms with Crippen molar-refractivity contribution in [3.63, 3.8) is 0 Å². The van der Waals surface area contributed by atoms with Gasteiger partial charge in [-0.05, 0) is 37.3 Å². The lowest BCUT2D eigenvalue weighted by molar-refractivity contribution is 0.0855. The SMILES string of the molecule is CCOCCN(C)c1cc(C2CCOCC2)c2c(cnn2C)n1. The number of hydrogen-bond acceptors (Lipinski definition) is 5. The molecule has 1 aliphatic rings. The maximum absolute atomic E-state index is 5.52. The number of nitrogens with zero attached hydrogens (tertiary/aromatic N) is 4. The van der Waals surface area contributed by atoms with Gasteiger partial charge in [-0.3, -0.25) is 4.68 Å². The molecule has 0 spiro atoms. The van der Waals surface area contributed by atoms with Crippen LogP contribution in [0, 0.1) is 0 Å². The van der Waals surface area contributed by atoms with Crippen LogP contribution in [0.3, 0.4) is 0 Å². The van der Waals surface area contributed by atoms with Crippen molar-refractivity contribution in [1.29, 1.82) is 0 Å². The van der Waals surface area contributed by atoms with Crippen LogP contribution in [-0.2, 0) is 16.5 Å². The third kappa shape index (κ3) is 3.48. The first-order valence-electron chi connectivity index (χ1n) is 8.40. The number of hydrogen-bond donors (Lipinski definition) is 0. The molecule has 2 aromatic rings. The van der Waals surface area contributed by atoms with Gasteiger partial charge in [-0.1, -0.05) is 0 Å². The standard InChI is InChI=1S/C17H26N4O2/c1-4-22-10-7-20(2)16-11-14(13-5-8-23-9-6-13)17-15(19-16)12-18-21(17)3/h11-13H,4-10H2,1-3H3. The van der Waals surface area contributed by atoms with Gasteiger partial charge < -0.3 is 14.4 Å². The summed E-state index contributed by atoms with van der Waals surface area (Å²) in [5, 5.41) is 4.41. The highest BCUT2D eigenvalue weighted by molar-refractivity contribution is 5.81. The lowest BCUT2D eigenvalue weighted by atomic mass is 9.91. The van der Waals surface area contributed by atoms with E-state index in [4.69, 9.17) is 14.5 Å². The Kier molecular flexibility index (Phi) is 5.13. The molecular formula is C17H26N4O2. The normalized spacial score (nSPS) is 16.1. The Bertz CT molecular complexity index is 649. The van der Waals surface area contributed by atoms with Crippen molar-refractivity contribution in [1.82, 2.24) is 14.8 Å². The van der Waals surface area contributed by atoms with E-state index < -0.39 is 0 Å². The summed E-state index contributed by atoms with van der Waals surface area (Å²) in [4.78, 5) is 6.94. The van der Waals surface area contributed by atoms with Gasteiger partial charge in [0.25, 0.3) is 0 Å². The highest BCUT2D eigenvalue weighted by Crippen LogP contribution is 2.33. The van der Waals surface area contributed by atoms with Crippen LogP contribution in [-0.4, -0.2) is 54.8 Å². The van der Waals surface area contributed by atoms with E-state index in [1.54, 1.807) is 0 Å². The first-order chi connectivity index (χ1) is 11.2. The Morgan fingerprint density at radius 2 is 2.17 bits per heavy atom. The highest BCUT2D eigenvalue weighted by Gasteiger charge is 2.22. The second-order valence-electron chi connectivity index (χ2n) is 6.08. The van der Waals surface area contributed by atoms with Crippen LogP contribution in [0.5, 0.6) is 0 Å². The molecule has 1 fully saturated rings. The van der Waals surface area contributed by atoms with Gasteiger partial charge in [-0.2, -0.15) is 5.10 Å². The third-order valence-corrected chi connectivity index (χ3v) is 4.54. The van der Waals surface area contributed by atoms with Crippen molar-refractivity contribution in [2.45, 2.75) is 25.7 Å². The monoisotopic (exact) mass is 318 g/mol. The molecule has 0 atom stereocenters. The summed E-state index contributed by atoms with van der Waals surface area (Å²) < 4.78 is 12.9. The average molecular weight is 318 g/mol. The summed E-state index contributed by atoms with van der Waals surface area (Å²) in [6.45, 7) is 5.98. The van der Waals surface area contributed by atoms with Crippen LogP contribution >= 0.6 is 0 Å². The molecule has 126 valence electrons. The minimum absolute atomic E-state index is 0.517. The van der Waals surface area contributed by atoms with Gasteiger partial charge in [-0.15, -0.1) is 0 Å². The van der Waals surface area contributed by atoms with Gasteiger partial charge in [0.05, 0.1) is 18.3 Å². The number of aryl methyl sites for hydroxylation is 1. The van der Waals surface area contributed by atoms with Crippen molar-refractivity contribution in [2.75, 3.05) is 44.9 Å². The summed E-state index contributed by atoms with van der Waals surface area (Å²) in [6, 6.07) is 2.23. The van der Waals surface area contributed by atoms with Crippen LogP contribution in [0.25, 0.3) is 11.0 Å². The number of ether oxygens (including phenoxy) is 2. The van der Waals surface area contributed by atoms with E-state index in [2.05, 4.69) is 23.1 Å². The second-order valence-corrected chi connectivity index (χ2v) is 6.08. The molecule has 0 aliphatic carbocycles. The fraction of sp³-hybridized carbons (Fsp3) is 0.647. The van der Waals surface area contributed by atoms with Crippen molar-refractivity contribution in [3.8, 4) is 0 Å². The molecule has 3 heterocycles. The molecule has 0 bridgehead atoms. The van der Waals surface area contributed by atoms with Gasteiger partial charge in [0.15, 0.2) is 0 Å². The number of anilines is 1. The van der Waals surface area contributed by atoms with Gasteiger partial charge in [0.1, 0.15) is 11.3 Å². The Morgan fingerprint density at radius 3 is 2.91 bits per heavy atom. The third-order valence-electron chi connectivity index (χ3n) is 4.54. The lowest BCUT2D eigenvalue weighted by Gasteiger charge is -2.25. The number of pyridine rings is 1. The second kappa shape index (κ2) is 7.27. The fourth-order valence-electron chi connectivity index (χ4n) is 3.18. The van der Waals surface area contributed by atoms with E-state index in [0.29, 0.717) is 12.5 Å². The minimum atomic E-state index is 0.517. The molecule has 6 nitrogen and oxygen atoms in total. The zero-order valence-electron chi connectivity index (χ0n) is 14.3. The van der Waals surface area contributed by atoms with Crippen LogP contribution in [0.1, 0.15) is 31.2 Å². The molecular weight excluding hydrogens is 292 g/mol. The molecule has 0 saturated carbocycles. The molecule has 0 aromatic carbocycles. The van der Waals surface area contributed by atoms with E-state index in [-0.39, 0.29) is 0 Å². The molecule has 0 radical (unpaired) electrons. The first-order valence-corrected chi connectivity index (χ1v) is 8.40. The predicted molar refractivity (Wildman–Crippen MR) is 91.1 cm³/mol. The quantitative estimate of drug-likeness (QED) is 0.765. The van der Waals surface area contributed by atoms with Gasteiger partial charge in [0.2, 0.25) is 0 Å². The molecule has 0 amide bonds. The molecule has 2 aromatic heterocycles. The fourth-order valence-corrected chi connectivity index (χ4v) is 3.18. The predicted octanol–water partition coefficient (Wildman–Crippen LogP) is 2.33. The molecule has 1 saturated heterocycles. The largest absolute Gasteiger partial charge is 0.381 e. The summed E-state index contributed by atoms with van der Waals surface area (Å²) >= 11 is 0. The van der Waals surface area contributed by atoms with E-state index >= 15 is 0 Å². The summed E-state index contributed by atoms with van der Waals surface area (Å²) in [5.41, 5.74) is 3.46. The number of fused-ring (bicyclic) bond motifs is 1. The zero-order valence-corrected chi connectivity index (χ0v) is 14.3. The van der Waals surface area contributed by atoms with Crippen LogP contribution in [0.15, 0.2) is 12.3 Å². The van der Waals surface area contributed by atoms with E-state index in [1.807, 2.05) is 24.9 Å². The Labute approximate surface area is 137 Å². The van der Waals surface area contributed by atoms with Crippen LogP contribution in [0.2, 0.25) is 0 Å². The smallest absolute Gasteiger partial charge is 0.129 e. The molecule has 6 heteroatoms. The lowest BCUT2D eigenvalue weighted by Crippen LogP contribution is -2.24. The van der Waals surface area contributed by atoms with Crippen molar-refractivity contribution in [2.24, 2.45) is 7.05 Å². The maximum Gasteiger partial charge on any atom is 0.129 e. The highest BCUT2D eigenvalue weighted by atomic mass is 16.5. The van der Waals surface area contributed by atoms with Crippen molar-refractivity contribution >= 4 is 16.9 Å². The van der Waals surface area contributed by atoms with E-state index in [0.717, 1.165) is 56.1 Å². The Morgan fingerprint density at radius 1 is 1.39 bits per heavy atom. The Hall–Kier alpha value is -1.66. The topological polar surface area (TPSA) is 52.4 Å². The molecule has 0 unspecified atom stereocenters. The molecule has 0 N–H and O–H groups in total. The van der Waals surface area contributed by atoms with Gasteiger partial charge >= 0.3 is 0 Å². The van der Waals surface area contributed by atoms with E-state index in [9.17, 15) is 0 Å². The molecule has 3 rings (SSSR count). The van der Waals surface area contributed by atoms with Gasteiger partial charge in [0, 0.05) is 40.5 Å². The van der Waals surface area contributed by atoms with E-state index in [1.165, 1.54) is 5.56 Å². The molecule has 1 aliphatic heterocycles. The number of aromatic nitrogens is 3. The summed E-state index contributed by atoms with van der Waals surface area (Å²) in [6.07, 6.45) is 3.98. The minimum Gasteiger partial charge on any atom is -0.381 e. The van der Waals surface area contributed by atoms with Crippen LogP contribution in [0.4, 0.5) is 5.82 Å². The average Bonchev–Trinajstić information content (AvgIpc) is 2.96. The van der Waals surface area contributed by atoms with Crippen molar-refractivity contribution in [3.05, 3.63) is 17.8 Å². The van der Waals surface area contributed by atoms with Crippen LogP contribution < -0.4 is 4.90 Å².